The van der Waals surface area contributed by atoms with Crippen molar-refractivity contribution in [2.45, 2.75) is 58.2 Å². The molecule has 1 atom stereocenters. The van der Waals surface area contributed by atoms with Crippen LogP contribution in [-0.2, 0) is 28.7 Å². The zero-order valence-electron chi connectivity index (χ0n) is 23.7. The predicted molar refractivity (Wildman–Crippen MR) is 155 cm³/mol. The van der Waals surface area contributed by atoms with Crippen LogP contribution < -0.4 is 20.4 Å². The van der Waals surface area contributed by atoms with Crippen molar-refractivity contribution >= 4 is 40.8 Å². The van der Waals surface area contributed by atoms with Gasteiger partial charge in [-0.05, 0) is 42.3 Å². The molecule has 0 aromatic heterocycles. The molecule has 0 bridgehead atoms. The van der Waals surface area contributed by atoms with Gasteiger partial charge in [0.05, 0.1) is 19.8 Å². The van der Waals surface area contributed by atoms with Crippen molar-refractivity contribution in [3.63, 3.8) is 0 Å². The number of benzene rings is 2. The smallest absolute Gasteiger partial charge is 0.408 e. The number of ether oxygens (including phenoxy) is 2. The molecule has 0 aliphatic carbocycles. The number of alkyl carbamates (subject to hydrolysis) is 1. The number of esters is 1. The van der Waals surface area contributed by atoms with Gasteiger partial charge in [0, 0.05) is 5.41 Å². The number of rotatable bonds is 11. The predicted octanol–water partition coefficient (Wildman–Crippen LogP) is 3.06. The van der Waals surface area contributed by atoms with Gasteiger partial charge in [-0.25, -0.2) is 17.9 Å². The van der Waals surface area contributed by atoms with Crippen molar-refractivity contribution in [1.82, 2.24) is 10.0 Å². The highest BCUT2D eigenvalue weighted by atomic mass is 32.2. The maximum atomic E-state index is 12.7. The number of hydrogen-bond acceptors (Lipinski definition) is 7. The fourth-order valence-electron chi connectivity index (χ4n) is 4.06. The van der Waals surface area contributed by atoms with Crippen LogP contribution in [0.1, 0.15) is 41.5 Å². The minimum atomic E-state index is -4.01. The Morgan fingerprint density at radius 2 is 1.44 bits per heavy atom. The Kier molecular flexibility index (Phi) is 11.1. The van der Waals surface area contributed by atoms with Crippen LogP contribution in [0.4, 0.5) is 4.79 Å². The number of carbonyl (C=O) groups is 2. The van der Waals surface area contributed by atoms with Crippen molar-refractivity contribution < 1.29 is 31.9 Å². The van der Waals surface area contributed by atoms with Crippen molar-refractivity contribution in [2.24, 2.45) is 0 Å². The number of amides is 1. The van der Waals surface area contributed by atoms with E-state index in [0.717, 1.165) is 22.9 Å². The van der Waals surface area contributed by atoms with Gasteiger partial charge in [-0.3, -0.25) is 4.79 Å². The quantitative estimate of drug-likeness (QED) is 0.312. The molecule has 39 heavy (non-hydrogen) atoms. The lowest BCUT2D eigenvalue weighted by Crippen LogP contribution is -2.67. The summed E-state index contributed by atoms with van der Waals surface area (Å²) in [4.78, 5) is 24.1. The second kappa shape index (κ2) is 13.4. The highest BCUT2D eigenvalue weighted by molar-refractivity contribution is 7.92. The van der Waals surface area contributed by atoms with Crippen LogP contribution in [0.15, 0.2) is 72.1 Å². The Balaban J connectivity index is 2.48. The van der Waals surface area contributed by atoms with Gasteiger partial charge in [-0.1, -0.05) is 81.4 Å². The van der Waals surface area contributed by atoms with Gasteiger partial charge >= 0.3 is 12.1 Å². The lowest BCUT2D eigenvalue weighted by atomic mass is 10.2. The van der Waals surface area contributed by atoms with Gasteiger partial charge in [0.1, 0.15) is 12.1 Å². The Hall–Kier alpha value is -2.99. The van der Waals surface area contributed by atoms with Crippen LogP contribution in [0.5, 0.6) is 0 Å². The molecular weight excluding hydrogens is 536 g/mol. The average molecular weight is 577 g/mol. The molecule has 0 fully saturated rings. The van der Waals surface area contributed by atoms with E-state index in [1.807, 2.05) is 60.7 Å². The third-order valence-electron chi connectivity index (χ3n) is 5.73. The minimum absolute atomic E-state index is 0.0322. The molecular formula is C28H40N2O7SSi. The molecule has 0 heterocycles. The SMILES string of the molecule is COC(=O)CNS(=O)(=O)/C=C/C(CO[Si](c1ccccc1)(c1ccccc1)C(C)(C)C)NC(=O)OC(C)(C)C. The van der Waals surface area contributed by atoms with Crippen LogP contribution >= 0.6 is 0 Å². The van der Waals surface area contributed by atoms with E-state index in [1.165, 1.54) is 6.08 Å². The summed E-state index contributed by atoms with van der Waals surface area (Å²) in [6.45, 7) is 11.0. The second-order valence-electron chi connectivity index (χ2n) is 11.0. The highest BCUT2D eigenvalue weighted by Gasteiger charge is 2.50. The van der Waals surface area contributed by atoms with Crippen LogP contribution in [0.25, 0.3) is 0 Å². The first-order chi connectivity index (χ1) is 18.1. The first-order valence-electron chi connectivity index (χ1n) is 12.6. The van der Waals surface area contributed by atoms with Gasteiger partial charge in [0.25, 0.3) is 8.32 Å². The zero-order valence-corrected chi connectivity index (χ0v) is 25.5. The van der Waals surface area contributed by atoms with Gasteiger partial charge in [-0.2, -0.15) is 0 Å². The van der Waals surface area contributed by atoms with E-state index in [9.17, 15) is 18.0 Å². The van der Waals surface area contributed by atoms with Gasteiger partial charge in [0.15, 0.2) is 0 Å². The van der Waals surface area contributed by atoms with Crippen molar-refractivity contribution in [3.8, 4) is 0 Å². The summed E-state index contributed by atoms with van der Waals surface area (Å²) in [5, 5.41) is 5.36. The van der Waals surface area contributed by atoms with Gasteiger partial charge < -0.3 is 19.2 Å². The third-order valence-corrected chi connectivity index (χ3v) is 11.8. The van der Waals surface area contributed by atoms with Crippen molar-refractivity contribution in [3.05, 3.63) is 72.1 Å². The number of hydrogen-bond donors (Lipinski definition) is 2. The van der Waals surface area contributed by atoms with E-state index in [-0.39, 0.29) is 11.6 Å². The maximum Gasteiger partial charge on any atom is 0.408 e. The standard InChI is InChI=1S/C28H40N2O7SSi/c1-27(2,3)37-26(32)30-22(18-19-38(33,34)29-20-25(31)35-7)21-36-39(28(4,5)6,23-14-10-8-11-15-23)24-16-12-9-13-17-24/h8-19,22,29H,20-21H2,1-7H3,(H,30,32)/b19-18+. The fourth-order valence-corrected chi connectivity index (χ4v) is 9.46. The van der Waals surface area contributed by atoms with E-state index >= 15 is 0 Å². The van der Waals surface area contributed by atoms with Gasteiger partial charge in [0.2, 0.25) is 10.0 Å². The van der Waals surface area contributed by atoms with E-state index in [0.29, 0.717) is 0 Å². The molecule has 2 aromatic rings. The molecule has 1 amide bonds. The molecule has 9 nitrogen and oxygen atoms in total. The minimum Gasteiger partial charge on any atom is -0.468 e. The summed E-state index contributed by atoms with van der Waals surface area (Å²) in [5.41, 5.74) is -0.759. The van der Waals surface area contributed by atoms with Crippen LogP contribution in [0.3, 0.4) is 0 Å². The van der Waals surface area contributed by atoms with E-state index in [4.69, 9.17) is 9.16 Å². The number of sulfonamides is 1. The Morgan fingerprint density at radius 3 is 1.87 bits per heavy atom. The highest BCUT2D eigenvalue weighted by Crippen LogP contribution is 2.36. The molecule has 0 aliphatic rings. The Morgan fingerprint density at radius 1 is 0.923 bits per heavy atom. The molecule has 2 rings (SSSR count). The second-order valence-corrected chi connectivity index (χ2v) is 17.0. The summed E-state index contributed by atoms with van der Waals surface area (Å²) in [7, 11) is -5.82. The summed E-state index contributed by atoms with van der Waals surface area (Å²) in [5.74, 6) is -0.731. The van der Waals surface area contributed by atoms with E-state index < -0.39 is 48.6 Å². The molecule has 0 saturated carbocycles. The molecule has 1 unspecified atom stereocenters. The largest absolute Gasteiger partial charge is 0.468 e. The lowest BCUT2D eigenvalue weighted by Gasteiger charge is -2.43. The van der Waals surface area contributed by atoms with Crippen molar-refractivity contribution in [1.29, 1.82) is 0 Å². The summed E-state index contributed by atoms with van der Waals surface area (Å²) in [6, 6.07) is 19.0. The first kappa shape index (κ1) is 32.2. The first-order valence-corrected chi connectivity index (χ1v) is 16.0. The average Bonchev–Trinajstić information content (AvgIpc) is 2.85. The molecule has 214 valence electrons. The van der Waals surface area contributed by atoms with Crippen molar-refractivity contribution in [2.75, 3.05) is 20.3 Å². The summed E-state index contributed by atoms with van der Waals surface area (Å²) >= 11 is 0. The number of carbonyl (C=O) groups excluding carboxylic acids is 2. The normalized spacial score (nSPS) is 13.6. The lowest BCUT2D eigenvalue weighted by molar-refractivity contribution is -0.139. The molecule has 2 aromatic carbocycles. The molecule has 2 N–H and O–H groups in total. The van der Waals surface area contributed by atoms with Crippen LogP contribution in [-0.4, -0.2) is 60.7 Å². The molecule has 0 saturated heterocycles. The molecule has 11 heteroatoms. The molecule has 0 aliphatic heterocycles. The zero-order chi connectivity index (χ0) is 29.3. The Labute approximate surface area is 233 Å². The van der Waals surface area contributed by atoms with E-state index in [1.54, 1.807) is 20.8 Å². The topological polar surface area (TPSA) is 120 Å². The maximum absolute atomic E-state index is 12.7. The number of nitrogens with one attached hydrogen (secondary N) is 2. The van der Waals surface area contributed by atoms with E-state index in [2.05, 4.69) is 35.5 Å². The monoisotopic (exact) mass is 576 g/mol. The Bertz CT molecular complexity index is 1180. The summed E-state index contributed by atoms with van der Waals surface area (Å²) < 4.78 is 43.9. The van der Waals surface area contributed by atoms with Crippen LogP contribution in [0, 0.1) is 0 Å². The fraction of sp³-hybridized carbons (Fsp3) is 0.429. The van der Waals surface area contributed by atoms with Crippen LogP contribution in [0.2, 0.25) is 5.04 Å². The van der Waals surface area contributed by atoms with Gasteiger partial charge in [-0.15, -0.1) is 0 Å². The third kappa shape index (κ3) is 9.61. The number of methoxy groups -OCH3 is 1. The molecule has 0 spiro atoms. The summed E-state index contributed by atoms with van der Waals surface area (Å²) in [6.07, 6.45) is 0.588. The molecule has 0 radical (unpaired) electrons.